The first-order chi connectivity index (χ1) is 8.63. The molecule has 1 saturated heterocycles. The number of anilines is 1. The molecular weight excluding hydrogens is 295 g/mol. The van der Waals surface area contributed by atoms with Gasteiger partial charge in [-0.2, -0.15) is 0 Å². The summed E-state index contributed by atoms with van der Waals surface area (Å²) in [6, 6.07) is 6.98. The van der Waals surface area contributed by atoms with Crippen LogP contribution in [0.3, 0.4) is 0 Å². The van der Waals surface area contributed by atoms with Crippen LogP contribution in [-0.2, 0) is 0 Å². The minimum absolute atomic E-state index is 0.179. The van der Waals surface area contributed by atoms with E-state index in [0.29, 0.717) is 17.8 Å². The normalized spacial score (nSPS) is 28.6. The molecule has 98 valence electrons. The fourth-order valence-electron chi connectivity index (χ4n) is 2.90. The number of rotatable bonds is 3. The van der Waals surface area contributed by atoms with Gasteiger partial charge in [-0.1, -0.05) is 15.9 Å². The molecule has 0 amide bonds. The van der Waals surface area contributed by atoms with Crippen LogP contribution in [0.5, 0.6) is 0 Å². The monoisotopic (exact) mass is 312 g/mol. The van der Waals surface area contributed by atoms with Crippen molar-refractivity contribution in [1.82, 2.24) is 4.90 Å². The summed E-state index contributed by atoms with van der Waals surface area (Å²) in [7, 11) is 0. The Morgan fingerprint density at radius 3 is 2.83 bits per heavy atom. The van der Waals surface area contributed by atoms with Crippen LogP contribution in [0.1, 0.15) is 26.2 Å². The van der Waals surface area contributed by atoms with Gasteiger partial charge in [0.25, 0.3) is 0 Å². The molecule has 1 aromatic carbocycles. The van der Waals surface area contributed by atoms with Gasteiger partial charge in [-0.3, -0.25) is 4.90 Å². The molecule has 1 heterocycles. The van der Waals surface area contributed by atoms with Crippen LogP contribution in [0.2, 0.25) is 0 Å². The third kappa shape index (κ3) is 2.54. The molecule has 0 spiro atoms. The maximum atomic E-state index is 13.8. The molecule has 2 fully saturated rings. The largest absolute Gasteiger partial charge is 0.379 e. The number of benzene rings is 1. The van der Waals surface area contributed by atoms with E-state index in [1.807, 2.05) is 12.1 Å². The summed E-state index contributed by atoms with van der Waals surface area (Å²) in [5, 5.41) is 3.34. The Bertz CT molecular complexity index is 447. The second kappa shape index (κ2) is 4.82. The van der Waals surface area contributed by atoms with Crippen molar-refractivity contribution in [2.45, 2.75) is 44.3 Å². The lowest BCUT2D eigenvalue weighted by Gasteiger charge is -2.20. The summed E-state index contributed by atoms with van der Waals surface area (Å²) in [4.78, 5) is 2.56. The van der Waals surface area contributed by atoms with Gasteiger partial charge in [-0.25, -0.2) is 4.39 Å². The Hall–Kier alpha value is -0.610. The highest BCUT2D eigenvalue weighted by Gasteiger charge is 2.38. The first-order valence-corrected chi connectivity index (χ1v) is 7.40. The van der Waals surface area contributed by atoms with Gasteiger partial charge in [0.15, 0.2) is 0 Å². The van der Waals surface area contributed by atoms with E-state index < -0.39 is 0 Å². The van der Waals surface area contributed by atoms with Crippen molar-refractivity contribution < 1.29 is 4.39 Å². The predicted octanol–water partition coefficient (Wildman–Crippen LogP) is 3.63. The summed E-state index contributed by atoms with van der Waals surface area (Å²) in [5.74, 6) is -0.179. The molecule has 4 heteroatoms. The van der Waals surface area contributed by atoms with Crippen molar-refractivity contribution >= 4 is 21.6 Å². The standard InChI is InChI=1S/C14H18BrFN2/c1-9-6-11(8-18(9)12-3-4-12)17-14-5-2-10(15)7-13(14)16/h2,5,7,9,11-12,17H,3-4,6,8H2,1H3. The van der Waals surface area contributed by atoms with Crippen LogP contribution in [0.15, 0.2) is 22.7 Å². The molecule has 1 aliphatic heterocycles. The second-order valence-corrected chi connectivity index (χ2v) is 6.39. The van der Waals surface area contributed by atoms with Gasteiger partial charge >= 0.3 is 0 Å². The lowest BCUT2D eigenvalue weighted by Crippen LogP contribution is -2.31. The summed E-state index contributed by atoms with van der Waals surface area (Å²) < 4.78 is 14.5. The van der Waals surface area contributed by atoms with Gasteiger partial charge in [0.2, 0.25) is 0 Å². The zero-order valence-corrected chi connectivity index (χ0v) is 12.1. The molecule has 18 heavy (non-hydrogen) atoms. The van der Waals surface area contributed by atoms with Gasteiger partial charge in [0.1, 0.15) is 5.82 Å². The molecular formula is C14H18BrFN2. The maximum absolute atomic E-state index is 13.8. The van der Waals surface area contributed by atoms with Crippen molar-refractivity contribution in [3.8, 4) is 0 Å². The van der Waals surface area contributed by atoms with E-state index in [-0.39, 0.29) is 5.82 Å². The van der Waals surface area contributed by atoms with E-state index in [4.69, 9.17) is 0 Å². The highest BCUT2D eigenvalue weighted by Crippen LogP contribution is 2.34. The van der Waals surface area contributed by atoms with Gasteiger partial charge in [-0.15, -0.1) is 0 Å². The van der Waals surface area contributed by atoms with Crippen LogP contribution in [0, 0.1) is 5.82 Å². The average molecular weight is 313 g/mol. The fraction of sp³-hybridized carbons (Fsp3) is 0.571. The highest BCUT2D eigenvalue weighted by atomic mass is 79.9. The third-order valence-corrected chi connectivity index (χ3v) is 4.42. The van der Waals surface area contributed by atoms with Crippen LogP contribution < -0.4 is 5.32 Å². The summed E-state index contributed by atoms with van der Waals surface area (Å²) in [6.45, 7) is 3.32. The van der Waals surface area contributed by atoms with E-state index in [1.165, 1.54) is 18.9 Å². The van der Waals surface area contributed by atoms with Gasteiger partial charge in [0.05, 0.1) is 5.69 Å². The summed E-state index contributed by atoms with van der Waals surface area (Å²) >= 11 is 3.28. The molecule has 2 unspecified atom stereocenters. The molecule has 2 aliphatic rings. The number of hydrogen-bond acceptors (Lipinski definition) is 2. The lowest BCUT2D eigenvalue weighted by atomic mass is 10.2. The van der Waals surface area contributed by atoms with E-state index >= 15 is 0 Å². The first-order valence-electron chi connectivity index (χ1n) is 6.61. The van der Waals surface area contributed by atoms with E-state index in [1.54, 1.807) is 0 Å². The number of nitrogens with zero attached hydrogens (tertiary/aromatic N) is 1. The van der Waals surface area contributed by atoms with Crippen molar-refractivity contribution in [2.75, 3.05) is 11.9 Å². The molecule has 0 aromatic heterocycles. The second-order valence-electron chi connectivity index (χ2n) is 5.48. The van der Waals surface area contributed by atoms with Crippen LogP contribution >= 0.6 is 15.9 Å². The van der Waals surface area contributed by atoms with Crippen LogP contribution in [0.25, 0.3) is 0 Å². The molecule has 0 bridgehead atoms. The summed E-state index contributed by atoms with van der Waals surface area (Å²) in [6.07, 6.45) is 3.78. The molecule has 1 N–H and O–H groups in total. The average Bonchev–Trinajstić information content (AvgIpc) is 3.08. The Morgan fingerprint density at radius 2 is 2.17 bits per heavy atom. The Morgan fingerprint density at radius 1 is 1.39 bits per heavy atom. The third-order valence-electron chi connectivity index (χ3n) is 3.93. The molecule has 1 aliphatic carbocycles. The number of hydrogen-bond donors (Lipinski definition) is 1. The van der Waals surface area contributed by atoms with Crippen LogP contribution in [0.4, 0.5) is 10.1 Å². The minimum Gasteiger partial charge on any atom is -0.379 e. The fourth-order valence-corrected chi connectivity index (χ4v) is 3.24. The molecule has 1 saturated carbocycles. The van der Waals surface area contributed by atoms with Crippen molar-refractivity contribution in [2.24, 2.45) is 0 Å². The van der Waals surface area contributed by atoms with Crippen LogP contribution in [-0.4, -0.2) is 29.6 Å². The van der Waals surface area contributed by atoms with E-state index in [9.17, 15) is 4.39 Å². The SMILES string of the molecule is CC1CC(Nc2ccc(Br)cc2F)CN1C1CC1. The van der Waals surface area contributed by atoms with Gasteiger partial charge in [-0.05, 0) is 44.4 Å². The van der Waals surface area contributed by atoms with Crippen molar-refractivity contribution in [3.05, 3.63) is 28.5 Å². The quantitative estimate of drug-likeness (QED) is 0.917. The van der Waals surface area contributed by atoms with Crippen molar-refractivity contribution in [1.29, 1.82) is 0 Å². The van der Waals surface area contributed by atoms with Gasteiger partial charge < -0.3 is 5.32 Å². The molecule has 2 atom stereocenters. The Labute approximate surface area is 116 Å². The number of halogens is 2. The Kier molecular flexibility index (Phi) is 3.32. The maximum Gasteiger partial charge on any atom is 0.147 e. The van der Waals surface area contributed by atoms with E-state index in [2.05, 4.69) is 33.1 Å². The number of likely N-dealkylation sites (tertiary alicyclic amines) is 1. The smallest absolute Gasteiger partial charge is 0.147 e. The highest BCUT2D eigenvalue weighted by molar-refractivity contribution is 9.10. The van der Waals surface area contributed by atoms with Gasteiger partial charge in [0, 0.05) is 29.1 Å². The van der Waals surface area contributed by atoms with E-state index in [0.717, 1.165) is 23.5 Å². The number of nitrogens with one attached hydrogen (secondary N) is 1. The minimum atomic E-state index is -0.179. The molecule has 3 rings (SSSR count). The predicted molar refractivity (Wildman–Crippen MR) is 75.3 cm³/mol. The summed E-state index contributed by atoms with van der Waals surface area (Å²) in [5.41, 5.74) is 0.619. The molecule has 1 aromatic rings. The van der Waals surface area contributed by atoms with Crippen molar-refractivity contribution in [3.63, 3.8) is 0 Å². The Balaban J connectivity index is 1.66. The molecule has 0 radical (unpaired) electrons. The zero-order valence-electron chi connectivity index (χ0n) is 10.5. The molecule has 2 nitrogen and oxygen atoms in total. The topological polar surface area (TPSA) is 15.3 Å². The zero-order chi connectivity index (χ0) is 12.7. The lowest BCUT2D eigenvalue weighted by molar-refractivity contribution is 0.257. The first kappa shape index (κ1) is 12.4.